The zero-order valence-electron chi connectivity index (χ0n) is 13.3. The summed E-state index contributed by atoms with van der Waals surface area (Å²) in [6, 6.07) is 9.66. The highest BCUT2D eigenvalue weighted by atomic mass is 16.5. The molecular weight excluding hydrogens is 324 g/mol. The van der Waals surface area contributed by atoms with Gasteiger partial charge in [-0.25, -0.2) is 10.6 Å². The molecule has 25 heavy (non-hydrogen) atoms. The molecule has 0 bridgehead atoms. The number of aliphatic carboxylic acids is 1. The molecule has 128 valence electrons. The summed E-state index contributed by atoms with van der Waals surface area (Å²) in [6.45, 7) is 0. The minimum absolute atomic E-state index is 0.106. The van der Waals surface area contributed by atoms with Gasteiger partial charge < -0.3 is 20.1 Å². The minimum atomic E-state index is -1.35. The van der Waals surface area contributed by atoms with Crippen LogP contribution in [-0.2, 0) is 11.8 Å². The van der Waals surface area contributed by atoms with Crippen LogP contribution in [0.4, 0.5) is 0 Å². The monoisotopic (exact) mass is 340 g/mol. The Bertz CT molecular complexity index is 934. The number of carboxylic acids is 1. The Morgan fingerprint density at radius 2 is 1.76 bits per heavy atom. The van der Waals surface area contributed by atoms with Crippen LogP contribution in [0.1, 0.15) is 11.1 Å². The molecule has 0 saturated carbocycles. The second kappa shape index (κ2) is 7.72. The van der Waals surface area contributed by atoms with E-state index < -0.39 is 11.7 Å². The van der Waals surface area contributed by atoms with E-state index in [-0.39, 0.29) is 11.4 Å². The molecular formula is C17H16N4O4. The SMILES string of the molecule is Cn1cc(C#Cc2ccc(O/C(NN)=C(/N)C(=O)O)cc2)ccc1=O. The molecule has 1 heterocycles. The van der Waals surface area contributed by atoms with Gasteiger partial charge in [-0.1, -0.05) is 11.8 Å². The molecule has 1 aromatic carbocycles. The Labute approximate surface area is 143 Å². The van der Waals surface area contributed by atoms with Crippen LogP contribution < -0.4 is 27.3 Å². The fourth-order valence-corrected chi connectivity index (χ4v) is 1.80. The van der Waals surface area contributed by atoms with Gasteiger partial charge in [-0.2, -0.15) is 0 Å². The summed E-state index contributed by atoms with van der Waals surface area (Å²) < 4.78 is 6.73. The van der Waals surface area contributed by atoms with Gasteiger partial charge in [-0.3, -0.25) is 10.2 Å². The Morgan fingerprint density at radius 1 is 1.16 bits per heavy atom. The van der Waals surface area contributed by atoms with Gasteiger partial charge in [0.05, 0.1) is 0 Å². The Balaban J connectivity index is 2.16. The van der Waals surface area contributed by atoms with Crippen LogP contribution in [-0.4, -0.2) is 15.6 Å². The smallest absolute Gasteiger partial charge is 0.357 e. The van der Waals surface area contributed by atoms with Crippen LogP contribution in [0.3, 0.4) is 0 Å². The van der Waals surface area contributed by atoms with Crippen LogP contribution in [0.5, 0.6) is 5.75 Å². The van der Waals surface area contributed by atoms with Gasteiger partial charge in [-0.15, -0.1) is 0 Å². The Hall–Kier alpha value is -3.70. The molecule has 0 atom stereocenters. The third-order valence-electron chi connectivity index (χ3n) is 3.12. The highest BCUT2D eigenvalue weighted by Crippen LogP contribution is 2.14. The number of carbonyl (C=O) groups is 1. The van der Waals surface area contributed by atoms with Gasteiger partial charge in [0.25, 0.3) is 0 Å². The van der Waals surface area contributed by atoms with Crippen LogP contribution in [0, 0.1) is 11.8 Å². The molecule has 0 aliphatic rings. The number of aryl methyl sites for hydroxylation is 1. The molecule has 2 rings (SSSR count). The first-order valence-electron chi connectivity index (χ1n) is 7.07. The molecule has 1 aromatic heterocycles. The lowest BCUT2D eigenvalue weighted by Gasteiger charge is -2.10. The van der Waals surface area contributed by atoms with Gasteiger partial charge in [-0.05, 0) is 30.3 Å². The second-order valence-corrected chi connectivity index (χ2v) is 4.94. The van der Waals surface area contributed by atoms with Crippen LogP contribution in [0.25, 0.3) is 0 Å². The quantitative estimate of drug-likeness (QED) is 0.200. The van der Waals surface area contributed by atoms with Crippen molar-refractivity contribution >= 4 is 5.97 Å². The van der Waals surface area contributed by atoms with Crippen molar-refractivity contribution in [2.75, 3.05) is 0 Å². The van der Waals surface area contributed by atoms with E-state index in [1.54, 1.807) is 43.6 Å². The lowest BCUT2D eigenvalue weighted by molar-refractivity contribution is -0.132. The zero-order chi connectivity index (χ0) is 18.4. The molecule has 2 aromatic rings. The van der Waals surface area contributed by atoms with Crippen molar-refractivity contribution in [1.82, 2.24) is 9.99 Å². The summed E-state index contributed by atoms with van der Waals surface area (Å²) in [6.07, 6.45) is 1.64. The van der Waals surface area contributed by atoms with Crippen LogP contribution in [0.15, 0.2) is 59.0 Å². The van der Waals surface area contributed by atoms with Crippen molar-refractivity contribution in [3.8, 4) is 17.6 Å². The van der Waals surface area contributed by atoms with E-state index in [2.05, 4.69) is 17.3 Å². The van der Waals surface area contributed by atoms with Crippen molar-refractivity contribution < 1.29 is 14.6 Å². The molecule has 6 N–H and O–H groups in total. The summed E-state index contributed by atoms with van der Waals surface area (Å²) in [7, 11) is 1.65. The highest BCUT2D eigenvalue weighted by molar-refractivity contribution is 5.85. The first-order chi connectivity index (χ1) is 11.9. The maximum atomic E-state index is 11.3. The largest absolute Gasteiger partial charge is 0.476 e. The summed E-state index contributed by atoms with van der Waals surface area (Å²) in [5.41, 5.74) is 8.21. The van der Waals surface area contributed by atoms with Gasteiger partial charge in [0.15, 0.2) is 5.70 Å². The molecule has 8 heteroatoms. The van der Waals surface area contributed by atoms with Crippen molar-refractivity contribution in [3.63, 3.8) is 0 Å². The predicted octanol–water partition coefficient (Wildman–Crippen LogP) is -0.160. The van der Waals surface area contributed by atoms with E-state index in [0.29, 0.717) is 16.9 Å². The third kappa shape index (κ3) is 4.63. The van der Waals surface area contributed by atoms with Crippen LogP contribution in [0.2, 0.25) is 0 Å². The average Bonchev–Trinajstić information content (AvgIpc) is 2.61. The maximum absolute atomic E-state index is 11.3. The fourth-order valence-electron chi connectivity index (χ4n) is 1.80. The number of rotatable bonds is 4. The number of nitrogens with one attached hydrogen (secondary N) is 1. The lowest BCUT2D eigenvalue weighted by Crippen LogP contribution is -2.31. The molecule has 0 radical (unpaired) electrons. The first kappa shape index (κ1) is 17.7. The number of carboxylic acid groups (broad SMARTS) is 1. The Kier molecular flexibility index (Phi) is 5.45. The molecule has 0 spiro atoms. The minimum Gasteiger partial charge on any atom is -0.476 e. The topological polar surface area (TPSA) is 133 Å². The van der Waals surface area contributed by atoms with Gasteiger partial charge >= 0.3 is 5.97 Å². The van der Waals surface area contributed by atoms with E-state index in [4.69, 9.17) is 21.4 Å². The van der Waals surface area contributed by atoms with E-state index in [0.717, 1.165) is 0 Å². The zero-order valence-corrected chi connectivity index (χ0v) is 13.3. The molecule has 0 unspecified atom stereocenters. The summed E-state index contributed by atoms with van der Waals surface area (Å²) in [5, 5.41) is 8.82. The van der Waals surface area contributed by atoms with Crippen LogP contribution >= 0.6 is 0 Å². The normalized spacial score (nSPS) is 11.0. The fraction of sp³-hybridized carbons (Fsp3) is 0.0588. The number of nitrogens with zero attached hydrogens (tertiary/aromatic N) is 1. The lowest BCUT2D eigenvalue weighted by atomic mass is 10.2. The van der Waals surface area contributed by atoms with E-state index >= 15 is 0 Å². The summed E-state index contributed by atoms with van der Waals surface area (Å²) in [5.74, 6) is 9.81. The molecule has 0 saturated heterocycles. The summed E-state index contributed by atoms with van der Waals surface area (Å²) in [4.78, 5) is 22.1. The number of hydrogen-bond acceptors (Lipinski definition) is 6. The van der Waals surface area contributed by atoms with Crippen molar-refractivity contribution in [1.29, 1.82) is 0 Å². The number of ether oxygens (including phenoxy) is 1. The number of pyridine rings is 1. The molecule has 0 aliphatic heterocycles. The van der Waals surface area contributed by atoms with Gasteiger partial charge in [0.2, 0.25) is 11.4 Å². The number of nitrogens with two attached hydrogens (primary N) is 2. The average molecular weight is 340 g/mol. The Morgan fingerprint density at radius 3 is 2.32 bits per heavy atom. The predicted molar refractivity (Wildman–Crippen MR) is 90.9 cm³/mol. The van der Waals surface area contributed by atoms with Crippen molar-refractivity contribution in [2.45, 2.75) is 0 Å². The number of aromatic nitrogens is 1. The van der Waals surface area contributed by atoms with E-state index in [9.17, 15) is 9.59 Å². The second-order valence-electron chi connectivity index (χ2n) is 4.94. The van der Waals surface area contributed by atoms with Gasteiger partial charge in [0.1, 0.15) is 5.75 Å². The summed E-state index contributed by atoms with van der Waals surface area (Å²) >= 11 is 0. The molecule has 0 fully saturated rings. The van der Waals surface area contributed by atoms with E-state index in [1.807, 2.05) is 0 Å². The third-order valence-corrected chi connectivity index (χ3v) is 3.12. The molecule has 0 amide bonds. The highest BCUT2D eigenvalue weighted by Gasteiger charge is 2.11. The first-order valence-corrected chi connectivity index (χ1v) is 7.07. The standard InChI is InChI=1S/C17H16N4O4/c1-21-10-12(6-9-14(21)22)3-2-11-4-7-13(8-5-11)25-16(20-19)15(18)17(23)24/h4-10,20H,18-19H2,1H3,(H,23,24)/b16-15+. The maximum Gasteiger partial charge on any atom is 0.357 e. The number of benzene rings is 1. The van der Waals surface area contributed by atoms with Crippen molar-refractivity contribution in [2.24, 2.45) is 18.6 Å². The van der Waals surface area contributed by atoms with Crippen molar-refractivity contribution in [3.05, 3.63) is 75.7 Å². The van der Waals surface area contributed by atoms with E-state index in [1.165, 1.54) is 10.6 Å². The number of hydrazine groups is 1. The molecule has 8 nitrogen and oxygen atoms in total. The van der Waals surface area contributed by atoms with Gasteiger partial charge in [0, 0.05) is 30.4 Å². The number of hydrogen-bond donors (Lipinski definition) is 4. The molecule has 0 aliphatic carbocycles.